The number of rotatable bonds is 4. The number of anilines is 1. The van der Waals surface area contributed by atoms with Crippen LogP contribution in [0, 0.1) is 0 Å². The molecule has 0 aliphatic heterocycles. The minimum absolute atomic E-state index is 0.336. The Balaban J connectivity index is 1.34. The van der Waals surface area contributed by atoms with Gasteiger partial charge in [0.1, 0.15) is 0 Å². The fourth-order valence-corrected chi connectivity index (χ4v) is 4.27. The Kier molecular flexibility index (Phi) is 5.08. The van der Waals surface area contributed by atoms with Gasteiger partial charge in [0.2, 0.25) is 0 Å². The van der Waals surface area contributed by atoms with E-state index in [2.05, 4.69) is 5.32 Å². The van der Waals surface area contributed by atoms with Gasteiger partial charge in [-0.1, -0.05) is 48.5 Å². The number of nitrogens with one attached hydrogen (secondary N) is 1. The zero-order chi connectivity index (χ0) is 21.2. The van der Waals surface area contributed by atoms with E-state index in [0.717, 1.165) is 58.6 Å². The van der Waals surface area contributed by atoms with Gasteiger partial charge in [-0.25, -0.2) is 4.79 Å². The minimum atomic E-state index is -0.467. The third-order valence-corrected chi connectivity index (χ3v) is 5.74. The third kappa shape index (κ3) is 3.87. The molecule has 0 spiro atoms. The first kappa shape index (κ1) is 19.2. The van der Waals surface area contributed by atoms with Crippen LogP contribution in [0.3, 0.4) is 0 Å². The number of esters is 1. The molecule has 1 aromatic heterocycles. The van der Waals surface area contributed by atoms with Crippen LogP contribution in [0.5, 0.6) is 0 Å². The summed E-state index contributed by atoms with van der Waals surface area (Å²) >= 11 is 0. The van der Waals surface area contributed by atoms with Gasteiger partial charge in [0.25, 0.3) is 5.91 Å². The molecular formula is C26H22N2O3. The van der Waals surface area contributed by atoms with E-state index in [-0.39, 0.29) is 12.5 Å². The number of carbonyl (C=O) groups excluding carboxylic acids is 2. The highest BCUT2D eigenvalue weighted by Crippen LogP contribution is 2.29. The lowest BCUT2D eigenvalue weighted by molar-refractivity contribution is -0.119. The Bertz CT molecular complexity index is 1310. The van der Waals surface area contributed by atoms with Crippen molar-refractivity contribution < 1.29 is 14.3 Å². The molecule has 5 rings (SSSR count). The average molecular weight is 410 g/mol. The molecule has 5 heteroatoms. The smallest absolute Gasteiger partial charge is 0.339 e. The Hall–Kier alpha value is -3.73. The Morgan fingerprint density at radius 3 is 2.58 bits per heavy atom. The second-order valence-electron chi connectivity index (χ2n) is 7.82. The standard InChI is InChI=1S/C26H22N2O3/c29-24(27-19-14-13-17-7-1-2-8-18(17)15-19)16-31-26(30)25-20-9-3-5-11-22(20)28-23-12-6-4-10-21(23)25/h1-3,5,7-9,11,13-15H,4,6,10,12,16H2,(H,27,29). The van der Waals surface area contributed by atoms with Gasteiger partial charge in [-0.3, -0.25) is 9.78 Å². The number of hydrogen-bond donors (Lipinski definition) is 1. The van der Waals surface area contributed by atoms with Gasteiger partial charge >= 0.3 is 5.97 Å². The molecule has 154 valence electrons. The van der Waals surface area contributed by atoms with Crippen LogP contribution in [0.25, 0.3) is 21.7 Å². The quantitative estimate of drug-likeness (QED) is 0.478. The molecular weight excluding hydrogens is 388 g/mol. The summed E-state index contributed by atoms with van der Waals surface area (Å²) in [5, 5.41) is 5.73. The maximum Gasteiger partial charge on any atom is 0.339 e. The monoisotopic (exact) mass is 410 g/mol. The van der Waals surface area contributed by atoms with Crippen molar-refractivity contribution in [3.63, 3.8) is 0 Å². The number of carbonyl (C=O) groups is 2. The van der Waals surface area contributed by atoms with E-state index in [0.29, 0.717) is 11.3 Å². The van der Waals surface area contributed by atoms with Crippen molar-refractivity contribution in [3.05, 3.63) is 83.6 Å². The van der Waals surface area contributed by atoms with Crippen molar-refractivity contribution in [2.24, 2.45) is 0 Å². The fourth-order valence-electron chi connectivity index (χ4n) is 4.27. The summed E-state index contributed by atoms with van der Waals surface area (Å²) in [6.45, 7) is -0.336. The number of aryl methyl sites for hydroxylation is 1. The minimum Gasteiger partial charge on any atom is -0.452 e. The number of amides is 1. The topological polar surface area (TPSA) is 68.3 Å². The number of benzene rings is 3. The molecule has 0 radical (unpaired) electrons. The van der Waals surface area contributed by atoms with Crippen LogP contribution >= 0.6 is 0 Å². The number of fused-ring (bicyclic) bond motifs is 3. The first-order chi connectivity index (χ1) is 15.2. The zero-order valence-electron chi connectivity index (χ0n) is 17.1. The Morgan fingerprint density at radius 1 is 0.903 bits per heavy atom. The van der Waals surface area contributed by atoms with E-state index in [1.165, 1.54) is 0 Å². The summed E-state index contributed by atoms with van der Waals surface area (Å²) in [6.07, 6.45) is 3.76. The number of hydrogen-bond acceptors (Lipinski definition) is 4. The van der Waals surface area contributed by atoms with Crippen LogP contribution in [0.4, 0.5) is 5.69 Å². The summed E-state index contributed by atoms with van der Waals surface area (Å²) in [6, 6.07) is 21.2. The zero-order valence-corrected chi connectivity index (χ0v) is 17.1. The normalized spacial score (nSPS) is 13.0. The molecule has 5 nitrogen and oxygen atoms in total. The molecule has 0 unspecified atom stereocenters. The number of para-hydroxylation sites is 1. The van der Waals surface area contributed by atoms with Crippen molar-refractivity contribution in [1.29, 1.82) is 0 Å². The number of pyridine rings is 1. The molecule has 1 N–H and O–H groups in total. The fraction of sp³-hybridized carbons (Fsp3) is 0.192. The van der Waals surface area contributed by atoms with Crippen LogP contribution < -0.4 is 5.32 Å². The predicted octanol–water partition coefficient (Wildman–Crippen LogP) is 5.06. The largest absolute Gasteiger partial charge is 0.452 e. The van der Waals surface area contributed by atoms with E-state index < -0.39 is 5.97 Å². The van der Waals surface area contributed by atoms with Gasteiger partial charge in [0, 0.05) is 16.8 Å². The summed E-state index contributed by atoms with van der Waals surface area (Å²) in [5.41, 5.74) is 3.95. The summed E-state index contributed by atoms with van der Waals surface area (Å²) in [7, 11) is 0. The van der Waals surface area contributed by atoms with Crippen LogP contribution in [-0.4, -0.2) is 23.5 Å². The van der Waals surface area contributed by atoms with Crippen molar-refractivity contribution >= 4 is 39.2 Å². The average Bonchev–Trinajstić information content (AvgIpc) is 2.81. The van der Waals surface area contributed by atoms with E-state index in [9.17, 15) is 9.59 Å². The van der Waals surface area contributed by atoms with Crippen molar-refractivity contribution in [3.8, 4) is 0 Å². The first-order valence-corrected chi connectivity index (χ1v) is 10.6. The molecule has 1 aliphatic carbocycles. The summed E-state index contributed by atoms with van der Waals surface area (Å²) < 4.78 is 5.45. The molecule has 31 heavy (non-hydrogen) atoms. The second-order valence-corrected chi connectivity index (χ2v) is 7.82. The molecule has 0 atom stereocenters. The van der Waals surface area contributed by atoms with E-state index in [4.69, 9.17) is 9.72 Å². The Labute approximate surface area is 180 Å². The number of nitrogens with zero attached hydrogens (tertiary/aromatic N) is 1. The van der Waals surface area contributed by atoms with Crippen LogP contribution in [0.2, 0.25) is 0 Å². The van der Waals surface area contributed by atoms with E-state index in [1.807, 2.05) is 66.7 Å². The molecule has 0 saturated carbocycles. The van der Waals surface area contributed by atoms with Crippen molar-refractivity contribution in [2.45, 2.75) is 25.7 Å². The molecule has 0 fully saturated rings. The highest BCUT2D eigenvalue weighted by molar-refractivity contribution is 6.06. The highest BCUT2D eigenvalue weighted by Gasteiger charge is 2.24. The van der Waals surface area contributed by atoms with Crippen molar-refractivity contribution in [1.82, 2.24) is 4.98 Å². The van der Waals surface area contributed by atoms with Crippen LogP contribution in [-0.2, 0) is 22.4 Å². The van der Waals surface area contributed by atoms with Gasteiger partial charge in [-0.2, -0.15) is 0 Å². The van der Waals surface area contributed by atoms with E-state index >= 15 is 0 Å². The maximum absolute atomic E-state index is 13.0. The molecule has 1 heterocycles. The van der Waals surface area contributed by atoms with E-state index in [1.54, 1.807) is 0 Å². The van der Waals surface area contributed by atoms with Gasteiger partial charge in [0.15, 0.2) is 6.61 Å². The van der Waals surface area contributed by atoms with Gasteiger partial charge in [-0.15, -0.1) is 0 Å². The number of aromatic nitrogens is 1. The third-order valence-electron chi connectivity index (χ3n) is 5.74. The summed E-state index contributed by atoms with van der Waals surface area (Å²) in [5.74, 6) is -0.832. The molecule has 1 aliphatic rings. The number of ether oxygens (including phenoxy) is 1. The lowest BCUT2D eigenvalue weighted by Gasteiger charge is -2.19. The molecule has 1 amide bonds. The molecule has 0 saturated heterocycles. The van der Waals surface area contributed by atoms with Crippen molar-refractivity contribution in [2.75, 3.05) is 11.9 Å². The van der Waals surface area contributed by atoms with Crippen LogP contribution in [0.15, 0.2) is 66.7 Å². The Morgan fingerprint density at radius 2 is 1.68 bits per heavy atom. The SMILES string of the molecule is O=C(COC(=O)c1c2c(nc3ccccc13)CCCC2)Nc1ccc2ccccc2c1. The molecule has 3 aromatic carbocycles. The first-order valence-electron chi connectivity index (χ1n) is 10.6. The lowest BCUT2D eigenvalue weighted by Crippen LogP contribution is -2.22. The second kappa shape index (κ2) is 8.19. The maximum atomic E-state index is 13.0. The summed E-state index contributed by atoms with van der Waals surface area (Å²) in [4.78, 5) is 30.2. The predicted molar refractivity (Wildman–Crippen MR) is 121 cm³/mol. The highest BCUT2D eigenvalue weighted by atomic mass is 16.5. The lowest BCUT2D eigenvalue weighted by atomic mass is 9.90. The molecule has 4 aromatic rings. The van der Waals surface area contributed by atoms with Gasteiger partial charge in [-0.05, 0) is 60.2 Å². The molecule has 0 bridgehead atoms. The van der Waals surface area contributed by atoms with Gasteiger partial charge < -0.3 is 10.1 Å². The van der Waals surface area contributed by atoms with Crippen LogP contribution in [0.1, 0.15) is 34.5 Å². The van der Waals surface area contributed by atoms with Gasteiger partial charge in [0.05, 0.1) is 11.1 Å².